The molecule has 2 fully saturated rings. The topological polar surface area (TPSA) is 138 Å². The van der Waals surface area contributed by atoms with Crippen molar-refractivity contribution in [1.29, 1.82) is 0 Å². The maximum Gasteiger partial charge on any atom is 0.411 e. The minimum atomic E-state index is -0.602. The van der Waals surface area contributed by atoms with Gasteiger partial charge in [0.05, 0.1) is 35.6 Å². The fourth-order valence-corrected chi connectivity index (χ4v) is 8.75. The van der Waals surface area contributed by atoms with Gasteiger partial charge in [0, 0.05) is 24.0 Å². The van der Waals surface area contributed by atoms with Gasteiger partial charge in [-0.2, -0.15) is 0 Å². The molecule has 3 aliphatic heterocycles. The number of aromatic nitrogens is 4. The summed E-state index contributed by atoms with van der Waals surface area (Å²) in [5.74, 6) is 2.75. The summed E-state index contributed by atoms with van der Waals surface area (Å²) < 4.78 is 17.4. The van der Waals surface area contributed by atoms with Crippen molar-refractivity contribution < 1.29 is 23.8 Å². The van der Waals surface area contributed by atoms with Crippen molar-refractivity contribution in [2.45, 2.75) is 103 Å². The molecule has 0 spiro atoms. The van der Waals surface area contributed by atoms with E-state index in [0.717, 1.165) is 92.8 Å². The second kappa shape index (κ2) is 13.6. The summed E-state index contributed by atoms with van der Waals surface area (Å²) in [4.78, 5) is 48.0. The van der Waals surface area contributed by atoms with Crippen LogP contribution in [0.15, 0.2) is 61.1 Å². The van der Waals surface area contributed by atoms with E-state index < -0.39 is 22.7 Å². The van der Waals surface area contributed by atoms with Gasteiger partial charge in [0.15, 0.2) is 5.88 Å². The predicted molar refractivity (Wildman–Crippen MR) is 217 cm³/mol. The second-order valence-electron chi connectivity index (χ2n) is 17.3. The third-order valence-electron chi connectivity index (χ3n) is 11.9. The lowest BCUT2D eigenvalue weighted by molar-refractivity contribution is -0.139. The zero-order valence-corrected chi connectivity index (χ0v) is 33.8. The first-order chi connectivity index (χ1) is 26.6. The van der Waals surface area contributed by atoms with E-state index in [1.54, 1.807) is 12.0 Å². The number of carbonyl (C=O) groups is 2. The van der Waals surface area contributed by atoms with Crippen LogP contribution in [0.3, 0.4) is 0 Å². The molecule has 2 amide bonds. The lowest BCUT2D eigenvalue weighted by Gasteiger charge is -2.37. The van der Waals surface area contributed by atoms with E-state index in [9.17, 15) is 9.59 Å². The van der Waals surface area contributed by atoms with Crippen molar-refractivity contribution in [1.82, 2.24) is 35.1 Å². The van der Waals surface area contributed by atoms with Crippen LogP contribution in [0.1, 0.15) is 91.4 Å². The van der Waals surface area contributed by atoms with E-state index in [2.05, 4.69) is 72.1 Å². The SMILES string of the molecule is C=C(N[C@H](C(=O)N1CCC[C@@]1(C)c1nc2ccc3cc4c(cc3c2[nH]1)OCc1cc(-c2cnc(C3(C)CCCN3C(=O)OC(C)(C)C)[nH]2)ccc1-4)C(C)C)OC. The molecule has 3 aliphatic rings. The van der Waals surface area contributed by atoms with Gasteiger partial charge in [-0.15, -0.1) is 0 Å². The molecule has 12 nitrogen and oxygen atoms in total. The van der Waals surface area contributed by atoms with Crippen LogP contribution in [0.4, 0.5) is 4.79 Å². The fourth-order valence-electron chi connectivity index (χ4n) is 8.75. The first kappa shape index (κ1) is 37.4. The molecule has 3 atom stereocenters. The lowest BCUT2D eigenvalue weighted by Crippen LogP contribution is -2.53. The molecular weight excluding hydrogens is 707 g/mol. The molecule has 5 aromatic rings. The fraction of sp³-hybridized carbons (Fsp3) is 0.455. The van der Waals surface area contributed by atoms with Gasteiger partial charge in [0.25, 0.3) is 0 Å². The highest BCUT2D eigenvalue weighted by molar-refractivity contribution is 6.07. The number of imidazole rings is 2. The molecule has 56 heavy (non-hydrogen) atoms. The molecule has 3 aromatic carbocycles. The Morgan fingerprint density at radius 2 is 1.70 bits per heavy atom. The number of likely N-dealkylation sites (tertiary alicyclic amines) is 2. The first-order valence-corrected chi connectivity index (χ1v) is 19.7. The Labute approximate surface area is 328 Å². The van der Waals surface area contributed by atoms with Crippen molar-refractivity contribution >= 4 is 33.8 Å². The molecule has 8 rings (SSSR count). The van der Waals surface area contributed by atoms with E-state index in [1.165, 1.54) is 0 Å². The second-order valence-corrected chi connectivity index (χ2v) is 17.3. The number of amides is 2. The van der Waals surface area contributed by atoms with Crippen molar-refractivity contribution in [3.8, 4) is 28.1 Å². The summed E-state index contributed by atoms with van der Waals surface area (Å²) >= 11 is 0. The predicted octanol–water partition coefficient (Wildman–Crippen LogP) is 8.48. The van der Waals surface area contributed by atoms with Gasteiger partial charge in [-0.05, 0) is 119 Å². The minimum absolute atomic E-state index is 0.00807. The number of hydrogen-bond acceptors (Lipinski definition) is 8. The number of hydrogen-bond donors (Lipinski definition) is 3. The smallest absolute Gasteiger partial charge is 0.411 e. The van der Waals surface area contributed by atoms with Crippen molar-refractivity contribution in [3.63, 3.8) is 0 Å². The number of fused-ring (bicyclic) bond motifs is 6. The van der Waals surface area contributed by atoms with Gasteiger partial charge in [-0.1, -0.05) is 32.0 Å². The van der Waals surface area contributed by atoms with E-state index in [0.29, 0.717) is 25.6 Å². The van der Waals surface area contributed by atoms with Gasteiger partial charge in [-0.3, -0.25) is 9.69 Å². The van der Waals surface area contributed by atoms with Crippen LogP contribution < -0.4 is 10.1 Å². The average Bonchev–Trinajstić information content (AvgIpc) is 3.98. The number of benzene rings is 3. The maximum atomic E-state index is 14.0. The summed E-state index contributed by atoms with van der Waals surface area (Å²) in [6.45, 7) is 19.5. The van der Waals surface area contributed by atoms with Crippen molar-refractivity contribution in [2.75, 3.05) is 20.2 Å². The van der Waals surface area contributed by atoms with Crippen LogP contribution >= 0.6 is 0 Å². The number of rotatable bonds is 8. The molecule has 0 aliphatic carbocycles. The monoisotopic (exact) mass is 759 g/mol. The highest BCUT2D eigenvalue weighted by Crippen LogP contribution is 2.45. The van der Waals surface area contributed by atoms with Crippen LogP contribution in [-0.2, 0) is 32.0 Å². The van der Waals surface area contributed by atoms with Gasteiger partial charge < -0.3 is 34.4 Å². The Kier molecular flexibility index (Phi) is 9.08. The number of nitrogens with zero attached hydrogens (tertiary/aromatic N) is 4. The number of ether oxygens (including phenoxy) is 3. The Bertz CT molecular complexity index is 2370. The number of methoxy groups -OCH3 is 1. The molecule has 0 radical (unpaired) electrons. The normalized spacial score (nSPS) is 21.2. The van der Waals surface area contributed by atoms with Crippen LogP contribution in [0.25, 0.3) is 44.2 Å². The summed E-state index contributed by atoms with van der Waals surface area (Å²) in [5, 5.41) is 5.26. The number of carbonyl (C=O) groups excluding carboxylic acids is 2. The number of H-pyrrole nitrogens is 2. The van der Waals surface area contributed by atoms with E-state index in [1.807, 2.05) is 51.8 Å². The molecule has 3 N–H and O–H groups in total. The summed E-state index contributed by atoms with van der Waals surface area (Å²) in [5.41, 5.74) is 5.13. The zero-order chi connectivity index (χ0) is 39.7. The van der Waals surface area contributed by atoms with Crippen LogP contribution in [0.2, 0.25) is 0 Å². The maximum absolute atomic E-state index is 14.0. The van der Waals surface area contributed by atoms with Crippen LogP contribution in [0, 0.1) is 5.92 Å². The van der Waals surface area contributed by atoms with Crippen molar-refractivity contribution in [3.05, 3.63) is 78.3 Å². The standard InChI is InChI=1S/C44H53N7O5/c1-25(2)36(46-26(3)54-9)38(52)50-18-10-17-44(50,8)40-47-33-15-13-27-21-32-30-14-12-28(20-29(30)24-55-35(32)22-31(27)37(33)49-40)34-23-45-39(48-34)43(7)16-11-19-51(43)41(53)56-42(4,5)6/h12-15,20-23,25,36,46H,3,10-11,16-19,24H2,1-2,4-9H3,(H,45,48)(H,47,49)/t36-,43?,44-/m0/s1. The molecule has 294 valence electrons. The quantitative estimate of drug-likeness (QED) is 0.134. The van der Waals surface area contributed by atoms with Gasteiger partial charge >= 0.3 is 6.09 Å². The molecule has 0 bridgehead atoms. The summed E-state index contributed by atoms with van der Waals surface area (Å²) in [6.07, 6.45) is 4.89. The molecule has 1 unspecified atom stereocenters. The van der Waals surface area contributed by atoms with Crippen LogP contribution in [0.5, 0.6) is 5.75 Å². The van der Waals surface area contributed by atoms with Crippen molar-refractivity contribution in [2.24, 2.45) is 5.92 Å². The Hall–Kier alpha value is -5.52. The van der Waals surface area contributed by atoms with Gasteiger partial charge in [0.1, 0.15) is 41.2 Å². The molecule has 12 heteroatoms. The minimum Gasteiger partial charge on any atom is -0.488 e. The van der Waals surface area contributed by atoms with E-state index in [4.69, 9.17) is 24.2 Å². The first-order valence-electron chi connectivity index (χ1n) is 19.7. The van der Waals surface area contributed by atoms with Gasteiger partial charge in [0.2, 0.25) is 5.91 Å². The molecular formula is C44H53N7O5. The highest BCUT2D eigenvalue weighted by atomic mass is 16.6. The largest absolute Gasteiger partial charge is 0.488 e. The zero-order valence-electron chi connectivity index (χ0n) is 33.8. The summed E-state index contributed by atoms with van der Waals surface area (Å²) in [6, 6.07) is 14.4. The average molecular weight is 760 g/mol. The number of aromatic amines is 2. The third kappa shape index (κ3) is 6.32. The van der Waals surface area contributed by atoms with E-state index in [-0.39, 0.29) is 17.9 Å². The number of nitrogens with one attached hydrogen (secondary N) is 3. The Morgan fingerprint density at radius 3 is 2.41 bits per heavy atom. The lowest BCUT2D eigenvalue weighted by atomic mass is 9.92. The Balaban J connectivity index is 1.07. The molecule has 2 aromatic heterocycles. The Morgan fingerprint density at radius 1 is 0.964 bits per heavy atom. The molecule has 2 saturated heterocycles. The van der Waals surface area contributed by atoms with Crippen LogP contribution in [-0.4, -0.2) is 73.6 Å². The molecule has 0 saturated carbocycles. The summed E-state index contributed by atoms with van der Waals surface area (Å²) in [7, 11) is 1.55. The molecule has 5 heterocycles. The highest BCUT2D eigenvalue weighted by Gasteiger charge is 2.47. The van der Waals surface area contributed by atoms with E-state index >= 15 is 0 Å². The third-order valence-corrected chi connectivity index (χ3v) is 11.9. The van der Waals surface area contributed by atoms with Gasteiger partial charge in [-0.25, -0.2) is 14.8 Å².